The molecule has 3 aromatic heterocycles. The monoisotopic (exact) mass is 1060 g/mol. The molecule has 0 aliphatic rings. The van der Waals surface area contributed by atoms with Crippen LogP contribution >= 0.6 is 0 Å². The zero-order valence-electron chi connectivity index (χ0n) is 36.8. The standard InChI is InChI=1S/C43H35N2O.C13H15GeN2.Ir/c1-27(2)36-24-32(30-16-9-6-10-17-30)25-37(28(3)4)41(36)45-39-21-12-11-20-38(39)44-43(45)35-19-13-18-34-33-23-22-31(26-40(33)46-42(34)35)29-14-7-5-8-15-29;1-14(2,3)12-9-10-15-13(16-12)11-7-5-4-6-8-11;/h5-18,20-28H,1-4H3;4-7,9-10H,1-3H3;/q2*-1;. The van der Waals surface area contributed by atoms with Gasteiger partial charge in [-0.1, -0.05) is 124 Å². The molecule has 0 spiro atoms. The Morgan fingerprint density at radius 3 is 1.89 bits per heavy atom. The van der Waals surface area contributed by atoms with E-state index in [9.17, 15) is 0 Å². The molecule has 0 atom stereocenters. The second-order valence-corrected chi connectivity index (χ2v) is 28.0. The van der Waals surface area contributed by atoms with E-state index in [4.69, 9.17) is 9.40 Å². The fraction of sp³-hybridized carbons (Fsp3) is 0.161. The number of rotatable bonds is 8. The molecule has 0 bridgehead atoms. The molecule has 0 fully saturated rings. The van der Waals surface area contributed by atoms with Crippen molar-refractivity contribution in [3.8, 4) is 50.7 Å². The van der Waals surface area contributed by atoms with E-state index in [-0.39, 0.29) is 31.9 Å². The number of nitrogens with zero attached hydrogens (tertiary/aromatic N) is 4. The molecular weight excluding hydrogens is 1010 g/mol. The Morgan fingerprint density at radius 2 is 1.24 bits per heavy atom. The van der Waals surface area contributed by atoms with Gasteiger partial charge < -0.3 is 8.98 Å². The van der Waals surface area contributed by atoms with Crippen molar-refractivity contribution < 1.29 is 24.5 Å². The first kappa shape index (κ1) is 43.7. The molecule has 0 aliphatic carbocycles. The maximum atomic E-state index is 6.73. The molecule has 315 valence electrons. The molecule has 0 N–H and O–H groups in total. The summed E-state index contributed by atoms with van der Waals surface area (Å²) in [6.07, 6.45) is 1.86. The summed E-state index contributed by atoms with van der Waals surface area (Å²) in [4.78, 5) is 14.3. The van der Waals surface area contributed by atoms with Crippen LogP contribution in [0.5, 0.6) is 0 Å². The number of hydrogen-bond donors (Lipinski definition) is 0. The molecule has 3 heterocycles. The summed E-state index contributed by atoms with van der Waals surface area (Å²) in [7, 11) is 0. The number of furan rings is 1. The van der Waals surface area contributed by atoms with Crippen LogP contribution in [-0.2, 0) is 20.1 Å². The van der Waals surface area contributed by atoms with Crippen molar-refractivity contribution in [2.24, 2.45) is 0 Å². The summed E-state index contributed by atoms with van der Waals surface area (Å²) in [6.45, 7) is 9.14. The van der Waals surface area contributed by atoms with Gasteiger partial charge in [-0.05, 0) is 75.5 Å². The Bertz CT molecular complexity index is 3140. The van der Waals surface area contributed by atoms with Crippen molar-refractivity contribution in [1.29, 1.82) is 0 Å². The molecule has 0 unspecified atom stereocenters. The van der Waals surface area contributed by atoms with Crippen LogP contribution in [0.15, 0.2) is 168 Å². The quantitative estimate of drug-likeness (QED) is 0.112. The van der Waals surface area contributed by atoms with Gasteiger partial charge in [-0.25, -0.2) is 0 Å². The van der Waals surface area contributed by atoms with Crippen molar-refractivity contribution >= 4 is 50.8 Å². The van der Waals surface area contributed by atoms with Crippen LogP contribution < -0.4 is 4.53 Å². The Labute approximate surface area is 387 Å². The number of benzene rings is 7. The van der Waals surface area contributed by atoms with Gasteiger partial charge in [0.2, 0.25) is 0 Å². The first-order valence-corrected chi connectivity index (χ1v) is 28.8. The van der Waals surface area contributed by atoms with Crippen molar-refractivity contribution in [3.05, 3.63) is 187 Å². The second-order valence-electron chi connectivity index (χ2n) is 17.5. The summed E-state index contributed by atoms with van der Waals surface area (Å²) in [5.41, 5.74) is 14.1. The van der Waals surface area contributed by atoms with Crippen molar-refractivity contribution in [2.75, 3.05) is 0 Å². The smallest absolute Gasteiger partial charge is 0 e. The van der Waals surface area contributed by atoms with Gasteiger partial charge in [-0.15, -0.1) is 18.2 Å². The van der Waals surface area contributed by atoms with Crippen molar-refractivity contribution in [3.63, 3.8) is 0 Å². The summed E-state index contributed by atoms with van der Waals surface area (Å²) in [5, 5.41) is 2.15. The molecule has 0 saturated heterocycles. The normalized spacial score (nSPS) is 11.6. The summed E-state index contributed by atoms with van der Waals surface area (Å²) in [5.74, 6) is 9.20. The number of fused-ring (bicyclic) bond motifs is 4. The predicted octanol–water partition coefficient (Wildman–Crippen LogP) is 14.5. The molecule has 1 radical (unpaired) electrons. The summed E-state index contributed by atoms with van der Waals surface area (Å²) < 4.78 is 10.3. The Morgan fingerprint density at radius 1 is 0.587 bits per heavy atom. The average Bonchev–Trinajstić information content (AvgIpc) is 3.88. The van der Waals surface area contributed by atoms with E-state index in [1.165, 1.54) is 38.0 Å². The van der Waals surface area contributed by atoms with Gasteiger partial charge in [0.25, 0.3) is 0 Å². The van der Waals surface area contributed by atoms with Crippen LogP contribution in [0.25, 0.3) is 83.7 Å². The third kappa shape index (κ3) is 8.86. The van der Waals surface area contributed by atoms with Crippen LogP contribution in [0.2, 0.25) is 17.3 Å². The van der Waals surface area contributed by atoms with E-state index < -0.39 is 13.3 Å². The van der Waals surface area contributed by atoms with Crippen LogP contribution in [-0.4, -0.2) is 32.8 Å². The molecule has 5 nitrogen and oxygen atoms in total. The van der Waals surface area contributed by atoms with E-state index in [0.717, 1.165) is 61.3 Å². The van der Waals surface area contributed by atoms with E-state index in [1.54, 1.807) is 0 Å². The first-order chi connectivity index (χ1) is 30.0. The zero-order valence-corrected chi connectivity index (χ0v) is 41.3. The fourth-order valence-corrected chi connectivity index (χ4v) is 10.3. The Balaban J connectivity index is 0.000000271. The van der Waals surface area contributed by atoms with Gasteiger partial charge >= 0.3 is 99.0 Å². The molecule has 10 rings (SSSR count). The molecule has 10 aromatic rings. The topological polar surface area (TPSA) is 56.7 Å². The number of aromatic nitrogens is 4. The van der Waals surface area contributed by atoms with Crippen molar-refractivity contribution in [2.45, 2.75) is 56.8 Å². The maximum absolute atomic E-state index is 6.73. The van der Waals surface area contributed by atoms with Gasteiger partial charge in [0.05, 0.1) is 22.4 Å². The SMILES string of the molecule is CC(C)c1cc(-c2ccccc2)cc(C(C)C)c1-n1c(-c2[c-]ccc3c2oc2cc(-c4ccccc4)ccc23)nc2ccccc21.[CH3][Ge]([CH3])([CH3])[c]1ccnc(-c2[c-]cccc2)n1.[Ir]. The van der Waals surface area contributed by atoms with Gasteiger partial charge in [0, 0.05) is 31.2 Å². The Hall–Kier alpha value is -5.92. The fourth-order valence-electron chi connectivity index (χ4n) is 8.19. The molecular formula is C56H50GeIrN4O-2. The van der Waals surface area contributed by atoms with Crippen LogP contribution in [0.1, 0.15) is 50.7 Å². The zero-order chi connectivity index (χ0) is 43.0. The minimum Gasteiger partial charge on any atom is 0 e. The Kier molecular flexibility index (Phi) is 12.8. The number of hydrogen-bond acceptors (Lipinski definition) is 4. The van der Waals surface area contributed by atoms with Gasteiger partial charge in [-0.2, -0.15) is 0 Å². The van der Waals surface area contributed by atoms with E-state index >= 15 is 0 Å². The summed E-state index contributed by atoms with van der Waals surface area (Å²) >= 11 is -1.86. The third-order valence-corrected chi connectivity index (χ3v) is 15.3. The van der Waals surface area contributed by atoms with Crippen LogP contribution in [0.3, 0.4) is 0 Å². The minimum atomic E-state index is -1.86. The van der Waals surface area contributed by atoms with E-state index in [2.05, 4.69) is 187 Å². The van der Waals surface area contributed by atoms with Gasteiger partial charge in [0.15, 0.2) is 0 Å². The number of para-hydroxylation sites is 2. The molecule has 7 aromatic carbocycles. The van der Waals surface area contributed by atoms with Crippen LogP contribution in [0.4, 0.5) is 0 Å². The average molecular weight is 1060 g/mol. The molecule has 0 aliphatic heterocycles. The van der Waals surface area contributed by atoms with Gasteiger partial charge in [0.1, 0.15) is 5.58 Å². The van der Waals surface area contributed by atoms with E-state index in [0.29, 0.717) is 0 Å². The van der Waals surface area contributed by atoms with Gasteiger partial charge in [-0.3, -0.25) is 4.98 Å². The second kappa shape index (κ2) is 18.4. The largest absolute Gasteiger partial charge is 0 e. The molecule has 63 heavy (non-hydrogen) atoms. The molecule has 7 heteroatoms. The van der Waals surface area contributed by atoms with Crippen LogP contribution in [0, 0.1) is 12.1 Å². The molecule has 0 amide bonds. The third-order valence-electron chi connectivity index (χ3n) is 11.4. The number of imidazole rings is 1. The minimum absolute atomic E-state index is 0. The first-order valence-electron chi connectivity index (χ1n) is 21.5. The summed E-state index contributed by atoms with van der Waals surface area (Å²) in [6, 6.07) is 61.5. The molecule has 0 saturated carbocycles. The maximum Gasteiger partial charge on any atom is 0 e. The predicted molar refractivity (Wildman–Crippen MR) is 261 cm³/mol. The van der Waals surface area contributed by atoms with E-state index in [1.807, 2.05) is 48.7 Å². The van der Waals surface area contributed by atoms with Crippen molar-refractivity contribution in [1.82, 2.24) is 19.5 Å².